The van der Waals surface area contributed by atoms with Crippen LogP contribution in [0.15, 0.2) is 42.5 Å². The Hall–Kier alpha value is -2.49. The summed E-state index contributed by atoms with van der Waals surface area (Å²) in [5.41, 5.74) is 7.14. The highest BCUT2D eigenvalue weighted by Gasteiger charge is 2.15. The van der Waals surface area contributed by atoms with Crippen LogP contribution in [0.5, 0.6) is 11.5 Å². The Labute approximate surface area is 117 Å². The molecule has 2 aromatic carbocycles. The molecule has 0 saturated carbocycles. The van der Waals surface area contributed by atoms with E-state index in [4.69, 9.17) is 10.5 Å². The van der Waals surface area contributed by atoms with Crippen LogP contribution in [-0.2, 0) is 6.61 Å². The Morgan fingerprint density at radius 1 is 1.20 bits per heavy atom. The quantitative estimate of drug-likeness (QED) is 0.498. The Morgan fingerprint density at radius 3 is 2.55 bits per heavy atom. The molecule has 20 heavy (non-hydrogen) atoms. The van der Waals surface area contributed by atoms with Crippen molar-refractivity contribution < 1.29 is 14.6 Å². The number of hydrogen-bond acceptors (Lipinski definition) is 4. The van der Waals surface area contributed by atoms with Gasteiger partial charge in [0, 0.05) is 6.42 Å². The SMILES string of the molecule is CCC(=O)c1ccc(OCc2ccccc2)c(N)c1O. The van der Waals surface area contributed by atoms with E-state index in [9.17, 15) is 9.90 Å². The summed E-state index contributed by atoms with van der Waals surface area (Å²) in [5, 5.41) is 9.95. The van der Waals surface area contributed by atoms with Gasteiger partial charge in [-0.15, -0.1) is 0 Å². The number of hydrogen-bond donors (Lipinski definition) is 2. The molecule has 0 radical (unpaired) electrons. The summed E-state index contributed by atoms with van der Waals surface area (Å²) in [4.78, 5) is 11.6. The fourth-order valence-corrected chi connectivity index (χ4v) is 1.87. The van der Waals surface area contributed by atoms with Gasteiger partial charge in [0.1, 0.15) is 18.0 Å². The number of nitrogens with two attached hydrogens (primary N) is 1. The van der Waals surface area contributed by atoms with Gasteiger partial charge in [-0.05, 0) is 17.7 Å². The Balaban J connectivity index is 2.18. The number of carbonyl (C=O) groups excluding carboxylic acids is 1. The van der Waals surface area contributed by atoms with E-state index in [1.807, 2.05) is 30.3 Å². The highest BCUT2D eigenvalue weighted by molar-refractivity contribution is 6.00. The van der Waals surface area contributed by atoms with E-state index in [2.05, 4.69) is 0 Å². The number of nitrogen functional groups attached to an aromatic ring is 1. The fourth-order valence-electron chi connectivity index (χ4n) is 1.87. The van der Waals surface area contributed by atoms with Crippen LogP contribution in [0.4, 0.5) is 5.69 Å². The van der Waals surface area contributed by atoms with Crippen molar-refractivity contribution in [3.63, 3.8) is 0 Å². The summed E-state index contributed by atoms with van der Waals surface area (Å²) in [5.74, 6) is 0.0187. The van der Waals surface area contributed by atoms with Crippen molar-refractivity contribution in [3.8, 4) is 11.5 Å². The summed E-state index contributed by atoms with van der Waals surface area (Å²) in [6.07, 6.45) is 0.317. The van der Waals surface area contributed by atoms with Gasteiger partial charge in [-0.2, -0.15) is 0 Å². The van der Waals surface area contributed by atoms with Crippen LogP contribution in [0, 0.1) is 0 Å². The normalized spacial score (nSPS) is 10.2. The second-order valence-corrected chi connectivity index (χ2v) is 4.42. The zero-order valence-corrected chi connectivity index (χ0v) is 11.3. The fraction of sp³-hybridized carbons (Fsp3) is 0.188. The number of ether oxygens (including phenoxy) is 1. The third-order valence-corrected chi connectivity index (χ3v) is 3.04. The number of carbonyl (C=O) groups is 1. The number of phenols is 1. The zero-order chi connectivity index (χ0) is 14.5. The molecule has 0 heterocycles. The van der Waals surface area contributed by atoms with E-state index < -0.39 is 0 Å². The Bertz CT molecular complexity index is 609. The molecule has 0 amide bonds. The minimum atomic E-state index is -0.206. The molecule has 2 rings (SSSR count). The van der Waals surface area contributed by atoms with E-state index in [0.29, 0.717) is 18.8 Å². The van der Waals surface area contributed by atoms with Gasteiger partial charge in [-0.25, -0.2) is 0 Å². The third kappa shape index (κ3) is 2.91. The van der Waals surface area contributed by atoms with Crippen molar-refractivity contribution in [1.29, 1.82) is 0 Å². The molecular weight excluding hydrogens is 254 g/mol. The van der Waals surface area contributed by atoms with E-state index in [1.54, 1.807) is 13.0 Å². The Kier molecular flexibility index (Phi) is 4.25. The standard InChI is InChI=1S/C16H17NO3/c1-2-13(18)12-8-9-14(15(17)16(12)19)20-10-11-6-4-3-5-7-11/h3-9,19H,2,10,17H2,1H3. The summed E-state index contributed by atoms with van der Waals surface area (Å²) < 4.78 is 5.58. The summed E-state index contributed by atoms with van der Waals surface area (Å²) in [7, 11) is 0. The van der Waals surface area contributed by atoms with E-state index in [-0.39, 0.29) is 22.8 Å². The van der Waals surface area contributed by atoms with Crippen LogP contribution in [0.2, 0.25) is 0 Å². The van der Waals surface area contributed by atoms with Crippen LogP contribution in [-0.4, -0.2) is 10.9 Å². The summed E-state index contributed by atoms with van der Waals surface area (Å²) in [6, 6.07) is 12.8. The highest BCUT2D eigenvalue weighted by atomic mass is 16.5. The van der Waals surface area contributed by atoms with Gasteiger partial charge in [0.05, 0.1) is 5.56 Å². The molecule has 104 valence electrons. The molecule has 0 aliphatic rings. The van der Waals surface area contributed by atoms with Crippen LogP contribution < -0.4 is 10.5 Å². The average molecular weight is 271 g/mol. The predicted octanol–water partition coefficient (Wildman–Crippen LogP) is 3.15. The van der Waals surface area contributed by atoms with Gasteiger partial charge in [-0.3, -0.25) is 4.79 Å². The Morgan fingerprint density at radius 2 is 1.90 bits per heavy atom. The molecule has 0 aromatic heterocycles. The first kappa shape index (κ1) is 13.9. The van der Waals surface area contributed by atoms with Crippen molar-refractivity contribution in [2.24, 2.45) is 0 Å². The van der Waals surface area contributed by atoms with Gasteiger partial charge in [0.25, 0.3) is 0 Å². The van der Waals surface area contributed by atoms with Crippen LogP contribution >= 0.6 is 0 Å². The maximum absolute atomic E-state index is 11.6. The maximum atomic E-state index is 11.6. The summed E-state index contributed by atoms with van der Waals surface area (Å²) >= 11 is 0. The number of phenolic OH excluding ortho intramolecular Hbond substituents is 1. The molecule has 0 aliphatic heterocycles. The lowest BCUT2D eigenvalue weighted by molar-refractivity contribution is 0.0985. The zero-order valence-electron chi connectivity index (χ0n) is 11.3. The minimum Gasteiger partial charge on any atom is -0.505 e. The number of rotatable bonds is 5. The van der Waals surface area contributed by atoms with Gasteiger partial charge in [-0.1, -0.05) is 37.3 Å². The second-order valence-electron chi connectivity index (χ2n) is 4.42. The first-order valence-electron chi connectivity index (χ1n) is 6.44. The second kappa shape index (κ2) is 6.10. The molecule has 3 N–H and O–H groups in total. The number of anilines is 1. The van der Waals surface area contributed by atoms with Gasteiger partial charge in [0.2, 0.25) is 0 Å². The molecular formula is C16H17NO3. The topological polar surface area (TPSA) is 72.5 Å². The molecule has 4 heteroatoms. The first-order valence-corrected chi connectivity index (χ1v) is 6.44. The van der Waals surface area contributed by atoms with Crippen molar-refractivity contribution in [3.05, 3.63) is 53.6 Å². The van der Waals surface area contributed by atoms with Crippen molar-refractivity contribution in [2.45, 2.75) is 20.0 Å². The first-order chi connectivity index (χ1) is 9.63. The minimum absolute atomic E-state index is 0.0974. The van der Waals surface area contributed by atoms with Crippen LogP contribution in [0.25, 0.3) is 0 Å². The monoisotopic (exact) mass is 271 g/mol. The van der Waals surface area contributed by atoms with Crippen molar-refractivity contribution in [1.82, 2.24) is 0 Å². The molecule has 2 aromatic rings. The molecule has 0 unspecified atom stereocenters. The van der Waals surface area contributed by atoms with E-state index in [1.165, 1.54) is 6.07 Å². The van der Waals surface area contributed by atoms with E-state index in [0.717, 1.165) is 5.56 Å². The largest absolute Gasteiger partial charge is 0.505 e. The molecule has 4 nitrogen and oxygen atoms in total. The molecule has 0 saturated heterocycles. The maximum Gasteiger partial charge on any atom is 0.166 e. The van der Waals surface area contributed by atoms with Crippen LogP contribution in [0.3, 0.4) is 0 Å². The smallest absolute Gasteiger partial charge is 0.166 e. The van der Waals surface area contributed by atoms with Gasteiger partial charge in [0.15, 0.2) is 11.5 Å². The number of ketones is 1. The molecule has 0 aliphatic carbocycles. The molecule has 0 fully saturated rings. The van der Waals surface area contributed by atoms with Gasteiger partial charge >= 0.3 is 0 Å². The number of aromatic hydroxyl groups is 1. The third-order valence-electron chi connectivity index (χ3n) is 3.04. The number of Topliss-reactive ketones (excluding diaryl/α,β-unsaturated/α-hetero) is 1. The van der Waals surface area contributed by atoms with E-state index >= 15 is 0 Å². The van der Waals surface area contributed by atoms with Crippen molar-refractivity contribution in [2.75, 3.05) is 5.73 Å². The number of benzene rings is 2. The average Bonchev–Trinajstić information content (AvgIpc) is 2.49. The molecule has 0 spiro atoms. The highest BCUT2D eigenvalue weighted by Crippen LogP contribution is 2.35. The van der Waals surface area contributed by atoms with Crippen LogP contribution in [0.1, 0.15) is 29.3 Å². The molecule has 0 bridgehead atoms. The lowest BCUT2D eigenvalue weighted by Crippen LogP contribution is -2.03. The molecule has 0 atom stereocenters. The van der Waals surface area contributed by atoms with Crippen molar-refractivity contribution >= 4 is 11.5 Å². The lowest BCUT2D eigenvalue weighted by Gasteiger charge is -2.12. The predicted molar refractivity (Wildman–Crippen MR) is 77.9 cm³/mol. The van der Waals surface area contributed by atoms with Gasteiger partial charge < -0.3 is 15.6 Å². The lowest BCUT2D eigenvalue weighted by atomic mass is 10.1. The summed E-state index contributed by atoms with van der Waals surface area (Å²) in [6.45, 7) is 2.09.